The van der Waals surface area contributed by atoms with Gasteiger partial charge in [-0.1, -0.05) is 34.1 Å². The summed E-state index contributed by atoms with van der Waals surface area (Å²) in [5.74, 6) is 0.630. The van der Waals surface area contributed by atoms with E-state index in [1.165, 1.54) is 4.88 Å². The standard InChI is InChI=1S/C17H21BrN4OS.HI/c1-22(2)16(23)12-21-17(20-11-15-4-3-9-24-15)19-10-13-5-7-14(18)8-6-13;/h3-9H,10-12H2,1-2H3,(H2,19,20,21);1H. The van der Waals surface area contributed by atoms with E-state index >= 15 is 0 Å². The zero-order valence-corrected chi connectivity index (χ0v) is 18.9. The lowest BCUT2D eigenvalue weighted by molar-refractivity contribution is -0.127. The molecule has 5 nitrogen and oxygen atoms in total. The van der Waals surface area contributed by atoms with Crippen LogP contribution in [0.3, 0.4) is 0 Å². The molecule has 1 aromatic carbocycles. The molecular formula is C17H22BrIN4OS. The summed E-state index contributed by atoms with van der Waals surface area (Å²) in [6, 6.07) is 12.1. The van der Waals surface area contributed by atoms with Gasteiger partial charge in [0.25, 0.3) is 0 Å². The SMILES string of the molecule is CN(C)C(=O)CNC(=NCc1ccc(Br)cc1)NCc1cccs1.I. The Bertz CT molecular complexity index is 674. The molecule has 25 heavy (non-hydrogen) atoms. The van der Waals surface area contributed by atoms with Gasteiger partial charge in [-0.2, -0.15) is 0 Å². The van der Waals surface area contributed by atoms with Gasteiger partial charge in [-0.25, -0.2) is 4.99 Å². The Morgan fingerprint density at radius 2 is 1.92 bits per heavy atom. The molecular weight excluding hydrogens is 515 g/mol. The van der Waals surface area contributed by atoms with Crippen molar-refractivity contribution in [1.82, 2.24) is 15.5 Å². The van der Waals surface area contributed by atoms with Crippen LogP contribution in [-0.4, -0.2) is 37.4 Å². The number of thiophene rings is 1. The quantitative estimate of drug-likeness (QED) is 0.338. The van der Waals surface area contributed by atoms with E-state index in [2.05, 4.69) is 37.6 Å². The topological polar surface area (TPSA) is 56.7 Å². The predicted molar refractivity (Wildman–Crippen MR) is 119 cm³/mol. The second kappa shape index (κ2) is 11.5. The molecule has 1 amide bonds. The lowest BCUT2D eigenvalue weighted by atomic mass is 10.2. The van der Waals surface area contributed by atoms with Crippen molar-refractivity contribution in [2.45, 2.75) is 13.1 Å². The van der Waals surface area contributed by atoms with Crippen LogP contribution in [0.2, 0.25) is 0 Å². The zero-order chi connectivity index (χ0) is 17.4. The van der Waals surface area contributed by atoms with Gasteiger partial charge in [0, 0.05) is 23.4 Å². The summed E-state index contributed by atoms with van der Waals surface area (Å²) >= 11 is 5.11. The lowest BCUT2D eigenvalue weighted by Gasteiger charge is -2.14. The number of likely N-dealkylation sites (N-methyl/N-ethyl adjacent to an activating group) is 1. The summed E-state index contributed by atoms with van der Waals surface area (Å²) in [5, 5.41) is 8.40. The van der Waals surface area contributed by atoms with E-state index < -0.39 is 0 Å². The van der Waals surface area contributed by atoms with Crippen LogP contribution in [0.25, 0.3) is 0 Å². The highest BCUT2D eigenvalue weighted by atomic mass is 127. The van der Waals surface area contributed by atoms with Crippen molar-refractivity contribution in [2.75, 3.05) is 20.6 Å². The van der Waals surface area contributed by atoms with Crippen LogP contribution in [0, 0.1) is 0 Å². The number of amides is 1. The molecule has 8 heteroatoms. The average molecular weight is 537 g/mol. The molecule has 0 bridgehead atoms. The second-order valence-corrected chi connectivity index (χ2v) is 7.31. The van der Waals surface area contributed by atoms with Crippen LogP contribution < -0.4 is 10.6 Å². The number of nitrogens with zero attached hydrogens (tertiary/aromatic N) is 2. The fourth-order valence-electron chi connectivity index (χ4n) is 1.84. The number of hydrogen-bond acceptors (Lipinski definition) is 3. The fraction of sp³-hybridized carbons (Fsp3) is 0.294. The number of carbonyl (C=O) groups is 1. The summed E-state index contributed by atoms with van der Waals surface area (Å²) in [7, 11) is 3.48. The normalized spacial score (nSPS) is 10.8. The van der Waals surface area contributed by atoms with Gasteiger partial charge in [0.05, 0.1) is 19.6 Å². The Morgan fingerprint density at radius 3 is 2.52 bits per heavy atom. The van der Waals surface area contributed by atoms with E-state index in [9.17, 15) is 4.79 Å². The number of benzene rings is 1. The molecule has 0 aliphatic rings. The molecule has 1 aromatic heterocycles. The van der Waals surface area contributed by atoms with Crippen LogP contribution in [0.15, 0.2) is 51.2 Å². The molecule has 2 rings (SSSR count). The molecule has 0 spiro atoms. The molecule has 0 fully saturated rings. The van der Waals surface area contributed by atoms with Crippen molar-refractivity contribution in [3.63, 3.8) is 0 Å². The number of rotatable bonds is 6. The van der Waals surface area contributed by atoms with Crippen LogP contribution in [0.4, 0.5) is 0 Å². The number of hydrogen-bond donors (Lipinski definition) is 2. The number of carbonyl (C=O) groups excluding carboxylic acids is 1. The van der Waals surface area contributed by atoms with E-state index in [1.807, 2.05) is 35.7 Å². The molecule has 0 aliphatic carbocycles. The molecule has 2 N–H and O–H groups in total. The zero-order valence-electron chi connectivity index (χ0n) is 14.2. The predicted octanol–water partition coefficient (Wildman–Crippen LogP) is 3.45. The van der Waals surface area contributed by atoms with E-state index in [1.54, 1.807) is 30.3 Å². The van der Waals surface area contributed by atoms with Gasteiger partial charge in [0.15, 0.2) is 5.96 Å². The van der Waals surface area contributed by atoms with Crippen molar-refractivity contribution in [1.29, 1.82) is 0 Å². The highest BCUT2D eigenvalue weighted by Gasteiger charge is 2.06. The minimum absolute atomic E-state index is 0. The number of aliphatic imine (C=N–C) groups is 1. The van der Waals surface area contributed by atoms with E-state index in [-0.39, 0.29) is 36.4 Å². The van der Waals surface area contributed by atoms with E-state index in [4.69, 9.17) is 0 Å². The van der Waals surface area contributed by atoms with Gasteiger partial charge < -0.3 is 15.5 Å². The van der Waals surface area contributed by atoms with Crippen molar-refractivity contribution in [2.24, 2.45) is 4.99 Å². The fourth-order valence-corrected chi connectivity index (χ4v) is 2.74. The maximum atomic E-state index is 11.8. The Hall–Kier alpha value is -1.13. The molecule has 0 radical (unpaired) electrons. The monoisotopic (exact) mass is 536 g/mol. The minimum atomic E-state index is 0. The van der Waals surface area contributed by atoms with E-state index in [0.29, 0.717) is 19.0 Å². The number of guanidine groups is 1. The third-order valence-corrected chi connectivity index (χ3v) is 4.65. The summed E-state index contributed by atoms with van der Waals surface area (Å²) in [4.78, 5) is 19.1. The highest BCUT2D eigenvalue weighted by Crippen LogP contribution is 2.11. The van der Waals surface area contributed by atoms with Gasteiger partial charge in [-0.05, 0) is 29.1 Å². The van der Waals surface area contributed by atoms with Crippen molar-refractivity contribution in [3.05, 3.63) is 56.7 Å². The summed E-state index contributed by atoms with van der Waals surface area (Å²) in [6.45, 7) is 1.44. The molecule has 0 saturated heterocycles. The van der Waals surface area contributed by atoms with Crippen molar-refractivity contribution in [3.8, 4) is 0 Å². The van der Waals surface area contributed by atoms with Gasteiger partial charge in [0.1, 0.15) is 0 Å². The molecule has 1 heterocycles. The van der Waals surface area contributed by atoms with Crippen LogP contribution >= 0.6 is 51.2 Å². The van der Waals surface area contributed by atoms with Crippen LogP contribution in [0.1, 0.15) is 10.4 Å². The summed E-state index contributed by atoms with van der Waals surface area (Å²) in [5.41, 5.74) is 1.11. The van der Waals surface area contributed by atoms with Gasteiger partial charge in [-0.15, -0.1) is 35.3 Å². The van der Waals surface area contributed by atoms with Gasteiger partial charge in [-0.3, -0.25) is 4.79 Å². The van der Waals surface area contributed by atoms with E-state index in [0.717, 1.165) is 10.0 Å². The number of nitrogens with one attached hydrogen (secondary N) is 2. The van der Waals surface area contributed by atoms with Gasteiger partial charge >= 0.3 is 0 Å². The summed E-state index contributed by atoms with van der Waals surface area (Å²) < 4.78 is 1.04. The third-order valence-electron chi connectivity index (χ3n) is 3.25. The Kier molecular flexibility index (Phi) is 10.1. The van der Waals surface area contributed by atoms with Crippen LogP contribution in [0.5, 0.6) is 0 Å². The average Bonchev–Trinajstić information content (AvgIpc) is 3.08. The smallest absolute Gasteiger partial charge is 0.241 e. The first-order valence-corrected chi connectivity index (χ1v) is 9.21. The lowest BCUT2D eigenvalue weighted by Crippen LogP contribution is -2.42. The molecule has 136 valence electrons. The van der Waals surface area contributed by atoms with Crippen molar-refractivity contribution >= 4 is 63.1 Å². The molecule has 0 atom stereocenters. The molecule has 0 unspecified atom stereocenters. The first-order valence-electron chi connectivity index (χ1n) is 7.54. The summed E-state index contributed by atoms with van der Waals surface area (Å²) in [6.07, 6.45) is 0. The largest absolute Gasteiger partial charge is 0.351 e. The molecule has 0 saturated carbocycles. The van der Waals surface area contributed by atoms with Gasteiger partial charge in [0.2, 0.25) is 5.91 Å². The minimum Gasteiger partial charge on any atom is -0.351 e. The Balaban J connectivity index is 0.00000312. The van der Waals surface area contributed by atoms with Crippen molar-refractivity contribution < 1.29 is 4.79 Å². The maximum Gasteiger partial charge on any atom is 0.241 e. The van der Waals surface area contributed by atoms with Crippen LogP contribution in [-0.2, 0) is 17.9 Å². The Labute approximate surface area is 178 Å². The molecule has 2 aromatic rings. The maximum absolute atomic E-state index is 11.8. The molecule has 0 aliphatic heterocycles. The first kappa shape index (κ1) is 21.9. The highest BCUT2D eigenvalue weighted by molar-refractivity contribution is 14.0. The number of halogens is 2. The third kappa shape index (κ3) is 8.19. The first-order chi connectivity index (χ1) is 11.5. The second-order valence-electron chi connectivity index (χ2n) is 5.37. The Morgan fingerprint density at radius 1 is 1.20 bits per heavy atom.